The maximum Gasteiger partial charge on any atom is 0.224 e. The highest BCUT2D eigenvalue weighted by Crippen LogP contribution is 2.13. The molecule has 0 spiro atoms. The maximum atomic E-state index is 12.1. The molecule has 2 aromatic carbocycles. The molecule has 2 rings (SSSR count). The maximum absolute atomic E-state index is 12.1. The van der Waals surface area contributed by atoms with Crippen LogP contribution < -0.4 is 10.1 Å². The third-order valence-corrected chi connectivity index (χ3v) is 3.20. The smallest absolute Gasteiger partial charge is 0.224 e. The van der Waals surface area contributed by atoms with Gasteiger partial charge in [-0.15, -0.1) is 0 Å². The lowest BCUT2D eigenvalue weighted by Crippen LogP contribution is -2.12. The van der Waals surface area contributed by atoms with Gasteiger partial charge in [0.05, 0.1) is 0 Å². The molecule has 0 aliphatic heterocycles. The Kier molecular flexibility index (Phi) is 5.31. The fourth-order valence-electron chi connectivity index (χ4n) is 1.86. The zero-order valence-corrected chi connectivity index (χ0v) is 12.8. The van der Waals surface area contributed by atoms with Crippen LogP contribution in [0.3, 0.4) is 0 Å². The van der Waals surface area contributed by atoms with Gasteiger partial charge in [0.1, 0.15) is 5.75 Å². The van der Waals surface area contributed by atoms with Gasteiger partial charge in [-0.05, 0) is 43.3 Å². The number of ether oxygens (including phenoxy) is 1. The van der Waals surface area contributed by atoms with Gasteiger partial charge >= 0.3 is 0 Å². The number of ketones is 1. The van der Waals surface area contributed by atoms with Crippen molar-refractivity contribution in [3.63, 3.8) is 0 Å². The van der Waals surface area contributed by atoms with E-state index in [4.69, 9.17) is 4.74 Å². The number of amides is 1. The Bertz CT molecular complexity index is 645. The van der Waals surface area contributed by atoms with Crippen LogP contribution in [0.2, 0.25) is 0 Å². The minimum Gasteiger partial charge on any atom is -0.485 e. The highest BCUT2D eigenvalue weighted by atomic mass is 16.5. The van der Waals surface area contributed by atoms with Gasteiger partial charge in [0.25, 0.3) is 0 Å². The average Bonchev–Trinajstić information content (AvgIpc) is 2.54. The van der Waals surface area contributed by atoms with Gasteiger partial charge in [0.2, 0.25) is 5.91 Å². The van der Waals surface area contributed by atoms with Crippen LogP contribution in [0.15, 0.2) is 48.5 Å². The number of hydrogen-bond acceptors (Lipinski definition) is 3. The van der Waals surface area contributed by atoms with E-state index in [2.05, 4.69) is 5.32 Å². The van der Waals surface area contributed by atoms with Crippen LogP contribution in [0, 0.1) is 6.92 Å². The summed E-state index contributed by atoms with van der Waals surface area (Å²) in [5, 5.41) is 2.74. The van der Waals surface area contributed by atoms with Gasteiger partial charge in [-0.2, -0.15) is 0 Å². The molecular weight excluding hydrogens is 278 g/mol. The van der Waals surface area contributed by atoms with Crippen molar-refractivity contribution in [2.24, 2.45) is 0 Å². The predicted molar refractivity (Wildman–Crippen MR) is 86.4 cm³/mol. The SMILES string of the molecule is CCC(=O)Nc1ccc(C(=O)COc2ccc(C)cc2)cc1. The second kappa shape index (κ2) is 7.41. The van der Waals surface area contributed by atoms with E-state index in [1.165, 1.54) is 0 Å². The Morgan fingerprint density at radius 1 is 1.00 bits per heavy atom. The van der Waals surface area contributed by atoms with Crippen molar-refractivity contribution in [3.05, 3.63) is 59.7 Å². The molecule has 0 heterocycles. The molecule has 4 heteroatoms. The number of benzene rings is 2. The summed E-state index contributed by atoms with van der Waals surface area (Å²) < 4.78 is 5.47. The summed E-state index contributed by atoms with van der Waals surface area (Å²) in [5.41, 5.74) is 2.38. The number of nitrogens with one attached hydrogen (secondary N) is 1. The molecule has 0 saturated heterocycles. The molecule has 4 nitrogen and oxygen atoms in total. The second-order valence-corrected chi connectivity index (χ2v) is 5.00. The largest absolute Gasteiger partial charge is 0.485 e. The quantitative estimate of drug-likeness (QED) is 0.829. The van der Waals surface area contributed by atoms with Gasteiger partial charge in [0.15, 0.2) is 12.4 Å². The molecule has 0 aliphatic rings. The van der Waals surface area contributed by atoms with E-state index in [1.54, 1.807) is 31.2 Å². The van der Waals surface area contributed by atoms with Crippen molar-refractivity contribution in [1.82, 2.24) is 0 Å². The number of rotatable bonds is 6. The van der Waals surface area contributed by atoms with Crippen LogP contribution in [0.25, 0.3) is 0 Å². The topological polar surface area (TPSA) is 55.4 Å². The minimum absolute atomic E-state index is 0.0102. The van der Waals surface area contributed by atoms with Crippen LogP contribution in [-0.4, -0.2) is 18.3 Å². The minimum atomic E-state index is -0.103. The van der Waals surface area contributed by atoms with Crippen molar-refractivity contribution >= 4 is 17.4 Å². The molecule has 0 fully saturated rings. The Balaban J connectivity index is 1.92. The first-order valence-electron chi connectivity index (χ1n) is 7.21. The van der Waals surface area contributed by atoms with Crippen LogP contribution >= 0.6 is 0 Å². The molecule has 0 bridgehead atoms. The lowest BCUT2D eigenvalue weighted by molar-refractivity contribution is -0.115. The molecule has 0 aliphatic carbocycles. The molecule has 1 N–H and O–H groups in total. The Morgan fingerprint density at radius 3 is 2.23 bits per heavy atom. The van der Waals surface area contributed by atoms with Crippen molar-refractivity contribution < 1.29 is 14.3 Å². The van der Waals surface area contributed by atoms with Crippen molar-refractivity contribution in [3.8, 4) is 5.75 Å². The number of Topliss-reactive ketones (excluding diaryl/α,β-unsaturated/α-hetero) is 1. The Morgan fingerprint density at radius 2 is 1.64 bits per heavy atom. The van der Waals surface area contributed by atoms with E-state index < -0.39 is 0 Å². The molecule has 0 unspecified atom stereocenters. The lowest BCUT2D eigenvalue weighted by Gasteiger charge is -2.07. The fourth-order valence-corrected chi connectivity index (χ4v) is 1.86. The third kappa shape index (κ3) is 4.45. The summed E-state index contributed by atoms with van der Waals surface area (Å²) in [6, 6.07) is 14.4. The Hall–Kier alpha value is -2.62. The van der Waals surface area contributed by atoms with E-state index in [0.717, 1.165) is 5.56 Å². The normalized spacial score (nSPS) is 10.1. The molecule has 114 valence electrons. The molecule has 2 aromatic rings. The average molecular weight is 297 g/mol. The molecule has 0 radical (unpaired) electrons. The predicted octanol–water partition coefficient (Wildman–Crippen LogP) is 3.61. The van der Waals surface area contributed by atoms with Gasteiger partial charge in [-0.25, -0.2) is 0 Å². The summed E-state index contributed by atoms with van der Waals surface area (Å²) in [6.45, 7) is 3.77. The lowest BCUT2D eigenvalue weighted by atomic mass is 10.1. The van der Waals surface area contributed by atoms with Crippen LogP contribution in [0.5, 0.6) is 5.75 Å². The first-order chi connectivity index (χ1) is 10.6. The van der Waals surface area contributed by atoms with Crippen molar-refractivity contribution in [2.75, 3.05) is 11.9 Å². The number of anilines is 1. The zero-order chi connectivity index (χ0) is 15.9. The molecular formula is C18H19NO3. The van der Waals surface area contributed by atoms with E-state index in [-0.39, 0.29) is 18.3 Å². The van der Waals surface area contributed by atoms with Gasteiger partial charge in [-0.3, -0.25) is 9.59 Å². The summed E-state index contributed by atoms with van der Waals surface area (Å²) in [6.07, 6.45) is 0.422. The van der Waals surface area contributed by atoms with Crippen molar-refractivity contribution in [2.45, 2.75) is 20.3 Å². The standard InChI is InChI=1S/C18H19NO3/c1-3-18(21)19-15-8-6-14(7-9-15)17(20)12-22-16-10-4-13(2)5-11-16/h4-11H,3,12H2,1-2H3,(H,19,21). The number of carbonyl (C=O) groups excluding carboxylic acids is 2. The summed E-state index contributed by atoms with van der Waals surface area (Å²) in [5.74, 6) is 0.515. The summed E-state index contributed by atoms with van der Waals surface area (Å²) >= 11 is 0. The first kappa shape index (κ1) is 15.8. The fraction of sp³-hybridized carbons (Fsp3) is 0.222. The van der Waals surface area contributed by atoms with E-state index >= 15 is 0 Å². The summed E-state index contributed by atoms with van der Waals surface area (Å²) in [4.78, 5) is 23.3. The monoisotopic (exact) mass is 297 g/mol. The Labute approximate surface area is 130 Å². The molecule has 0 aromatic heterocycles. The summed E-state index contributed by atoms with van der Waals surface area (Å²) in [7, 11) is 0. The van der Waals surface area contributed by atoms with Gasteiger partial charge in [-0.1, -0.05) is 24.6 Å². The highest BCUT2D eigenvalue weighted by Gasteiger charge is 2.07. The van der Waals surface area contributed by atoms with Crippen LogP contribution in [0.4, 0.5) is 5.69 Å². The zero-order valence-electron chi connectivity index (χ0n) is 12.8. The number of hydrogen-bond donors (Lipinski definition) is 1. The molecule has 1 amide bonds. The second-order valence-electron chi connectivity index (χ2n) is 5.00. The third-order valence-electron chi connectivity index (χ3n) is 3.20. The van der Waals surface area contributed by atoms with Gasteiger partial charge < -0.3 is 10.1 Å². The van der Waals surface area contributed by atoms with E-state index in [9.17, 15) is 9.59 Å². The highest BCUT2D eigenvalue weighted by molar-refractivity contribution is 5.98. The van der Waals surface area contributed by atoms with E-state index in [0.29, 0.717) is 23.4 Å². The first-order valence-corrected chi connectivity index (χ1v) is 7.21. The van der Waals surface area contributed by atoms with E-state index in [1.807, 2.05) is 31.2 Å². The van der Waals surface area contributed by atoms with Gasteiger partial charge in [0, 0.05) is 17.7 Å². The molecule has 22 heavy (non-hydrogen) atoms. The van der Waals surface area contributed by atoms with Crippen molar-refractivity contribution in [1.29, 1.82) is 0 Å². The molecule has 0 atom stereocenters. The molecule has 0 saturated carbocycles. The van der Waals surface area contributed by atoms with Crippen LogP contribution in [0.1, 0.15) is 29.3 Å². The number of carbonyl (C=O) groups is 2. The number of aryl methyl sites for hydroxylation is 1. The van der Waals surface area contributed by atoms with Crippen LogP contribution in [-0.2, 0) is 4.79 Å².